The number of aliphatic hydroxyl groups is 1. The molecule has 36 heavy (non-hydrogen) atoms. The van der Waals surface area contributed by atoms with Gasteiger partial charge < -0.3 is 19.9 Å². The van der Waals surface area contributed by atoms with E-state index in [0.29, 0.717) is 24.2 Å². The molecule has 1 aliphatic rings. The highest BCUT2D eigenvalue weighted by molar-refractivity contribution is 5.35. The Hall–Kier alpha value is -2.44. The van der Waals surface area contributed by atoms with Gasteiger partial charge in [0, 0.05) is 12.6 Å². The van der Waals surface area contributed by atoms with Crippen LogP contribution in [0.5, 0.6) is 11.5 Å². The third-order valence-corrected chi connectivity index (χ3v) is 5.89. The highest BCUT2D eigenvalue weighted by Crippen LogP contribution is 2.39. The zero-order valence-corrected chi connectivity index (χ0v) is 18.8. The van der Waals surface area contributed by atoms with E-state index in [2.05, 4.69) is 10.1 Å². The summed E-state index contributed by atoms with van der Waals surface area (Å²) in [5.41, 5.74) is 0.426. The van der Waals surface area contributed by atoms with Gasteiger partial charge in [0.2, 0.25) is 0 Å². The second-order valence-corrected chi connectivity index (χ2v) is 8.60. The molecule has 1 aliphatic carbocycles. The lowest BCUT2D eigenvalue weighted by molar-refractivity contribution is -0.322. The molecular weight excluding hydrogens is 502 g/mol. The van der Waals surface area contributed by atoms with Gasteiger partial charge in [-0.25, -0.2) is 13.2 Å². The number of alkyl halides is 7. The summed E-state index contributed by atoms with van der Waals surface area (Å²) in [6.45, 7) is -0.883. The summed E-state index contributed by atoms with van der Waals surface area (Å²) in [5, 5.41) is 12.1. The summed E-state index contributed by atoms with van der Waals surface area (Å²) in [6, 6.07) is 10.5. The number of hydrogen-bond acceptors (Lipinski definition) is 4. The summed E-state index contributed by atoms with van der Waals surface area (Å²) in [4.78, 5) is 0. The summed E-state index contributed by atoms with van der Waals surface area (Å²) < 4.78 is 114. The number of halogens is 8. The van der Waals surface area contributed by atoms with Crippen molar-refractivity contribution in [3.05, 3.63) is 59.9 Å². The second-order valence-electron chi connectivity index (χ2n) is 8.60. The Bertz CT molecular complexity index is 971. The van der Waals surface area contributed by atoms with Gasteiger partial charge in [-0.05, 0) is 67.1 Å². The van der Waals surface area contributed by atoms with Crippen molar-refractivity contribution in [2.75, 3.05) is 6.54 Å². The zero-order valence-electron chi connectivity index (χ0n) is 18.8. The summed E-state index contributed by atoms with van der Waals surface area (Å²) in [5.74, 6) is -0.477. The second kappa shape index (κ2) is 11.7. The first-order valence-electron chi connectivity index (χ1n) is 11.2. The van der Waals surface area contributed by atoms with E-state index >= 15 is 0 Å². The number of ether oxygens (including phenoxy) is 2. The molecule has 0 heterocycles. The van der Waals surface area contributed by atoms with Gasteiger partial charge >= 0.3 is 18.7 Å². The van der Waals surface area contributed by atoms with Gasteiger partial charge in [0.25, 0.3) is 0 Å². The van der Waals surface area contributed by atoms with Crippen LogP contribution in [0.3, 0.4) is 0 Å². The fraction of sp³-hybridized carbons (Fsp3) is 0.500. The van der Waals surface area contributed by atoms with E-state index in [1.807, 2.05) is 0 Å². The molecule has 0 radical (unpaired) electrons. The third-order valence-electron chi connectivity index (χ3n) is 5.89. The Morgan fingerprint density at radius 3 is 2.31 bits per heavy atom. The average Bonchev–Trinajstić information content (AvgIpc) is 2.80. The van der Waals surface area contributed by atoms with Gasteiger partial charge in [-0.2, -0.15) is 22.0 Å². The summed E-state index contributed by atoms with van der Waals surface area (Å²) in [6.07, 6.45) is -16.8. The van der Waals surface area contributed by atoms with E-state index in [9.17, 15) is 40.2 Å². The number of nitrogens with one attached hydrogen (secondary N) is 1. The zero-order chi connectivity index (χ0) is 26.5. The Morgan fingerprint density at radius 2 is 1.67 bits per heavy atom. The molecule has 0 spiro atoms. The van der Waals surface area contributed by atoms with Gasteiger partial charge in [0.1, 0.15) is 17.3 Å². The quantitative estimate of drug-likeness (QED) is 0.342. The number of aliphatic hydroxyl groups excluding tert-OH is 1. The molecule has 4 atom stereocenters. The van der Waals surface area contributed by atoms with Crippen LogP contribution in [0.4, 0.5) is 35.1 Å². The summed E-state index contributed by atoms with van der Waals surface area (Å²) in [7, 11) is 0. The smallest absolute Gasteiger partial charge is 0.416 e. The first-order valence-corrected chi connectivity index (χ1v) is 11.2. The molecule has 1 saturated carbocycles. The number of rotatable bonds is 10. The van der Waals surface area contributed by atoms with Gasteiger partial charge in [0.15, 0.2) is 6.10 Å². The standard InChI is InChI=1S/C24H25F8NO3/c25-16-7-9-17(10-8-16)35-18-5-1-3-14(11-18)21(33-13-20(34)23(28,29)30)15-4-2-6-19(12-15)36-24(31,32)22(26)27/h1,3,5,7-11,15,19-22,33-34H,2,4,6,12-13H2. The van der Waals surface area contributed by atoms with E-state index in [0.717, 1.165) is 0 Å². The molecule has 2 aromatic rings. The van der Waals surface area contributed by atoms with Crippen LogP contribution < -0.4 is 10.1 Å². The largest absolute Gasteiger partial charge is 0.457 e. The molecule has 0 bridgehead atoms. The molecule has 3 rings (SSSR count). The van der Waals surface area contributed by atoms with Crippen LogP contribution in [-0.2, 0) is 4.74 Å². The highest BCUT2D eigenvalue weighted by Gasteiger charge is 2.46. The van der Waals surface area contributed by atoms with Crippen molar-refractivity contribution in [3.63, 3.8) is 0 Å². The maximum absolute atomic E-state index is 13.5. The van der Waals surface area contributed by atoms with Crippen molar-refractivity contribution in [2.45, 2.75) is 62.6 Å². The van der Waals surface area contributed by atoms with Gasteiger partial charge in [-0.15, -0.1) is 0 Å². The number of benzene rings is 2. The Labute approximate surface area is 202 Å². The topological polar surface area (TPSA) is 50.7 Å². The first kappa shape index (κ1) is 28.1. The van der Waals surface area contributed by atoms with E-state index in [-0.39, 0.29) is 18.6 Å². The predicted molar refractivity (Wildman–Crippen MR) is 114 cm³/mol. The molecule has 12 heteroatoms. The molecule has 2 aromatic carbocycles. The van der Waals surface area contributed by atoms with E-state index in [1.54, 1.807) is 18.2 Å². The van der Waals surface area contributed by atoms with Crippen LogP contribution in [0.2, 0.25) is 0 Å². The van der Waals surface area contributed by atoms with Gasteiger partial charge in [-0.1, -0.05) is 18.6 Å². The highest BCUT2D eigenvalue weighted by atomic mass is 19.4. The van der Waals surface area contributed by atoms with E-state index < -0.39 is 55.2 Å². The molecule has 1 fully saturated rings. The lowest BCUT2D eigenvalue weighted by atomic mass is 9.79. The molecule has 0 amide bonds. The predicted octanol–water partition coefficient (Wildman–Crippen LogP) is 6.61. The Morgan fingerprint density at radius 1 is 0.972 bits per heavy atom. The fourth-order valence-corrected chi connectivity index (χ4v) is 4.19. The minimum Gasteiger partial charge on any atom is -0.457 e. The minimum atomic E-state index is -4.89. The van der Waals surface area contributed by atoms with Crippen LogP contribution in [0, 0.1) is 11.7 Å². The SMILES string of the molecule is OC(CNC(c1cccc(Oc2ccc(F)cc2)c1)C1CCCC(OC(F)(F)C(F)F)C1)C(F)(F)F. The maximum Gasteiger partial charge on any atom is 0.416 e. The van der Waals surface area contributed by atoms with Crippen molar-refractivity contribution in [1.82, 2.24) is 5.32 Å². The van der Waals surface area contributed by atoms with Gasteiger partial charge in [0.05, 0.1) is 6.10 Å². The molecule has 4 nitrogen and oxygen atoms in total. The maximum atomic E-state index is 13.5. The van der Waals surface area contributed by atoms with Crippen molar-refractivity contribution in [1.29, 1.82) is 0 Å². The van der Waals surface area contributed by atoms with Crippen LogP contribution in [0.15, 0.2) is 48.5 Å². The van der Waals surface area contributed by atoms with Crippen LogP contribution >= 0.6 is 0 Å². The normalized spacial score (nSPS) is 20.8. The molecule has 2 N–H and O–H groups in total. The van der Waals surface area contributed by atoms with Crippen LogP contribution in [0.25, 0.3) is 0 Å². The van der Waals surface area contributed by atoms with Crippen molar-refractivity contribution in [2.24, 2.45) is 5.92 Å². The first-order chi connectivity index (χ1) is 16.8. The number of hydrogen-bond donors (Lipinski definition) is 2. The van der Waals surface area contributed by atoms with Crippen molar-refractivity contribution < 1.29 is 49.7 Å². The Kier molecular flexibility index (Phi) is 9.18. The lowest BCUT2D eigenvalue weighted by Gasteiger charge is -2.37. The molecule has 200 valence electrons. The molecule has 0 aromatic heterocycles. The molecule has 4 unspecified atom stereocenters. The monoisotopic (exact) mass is 527 g/mol. The van der Waals surface area contributed by atoms with Crippen LogP contribution in [-0.4, -0.2) is 42.6 Å². The average molecular weight is 527 g/mol. The fourth-order valence-electron chi connectivity index (χ4n) is 4.19. The Balaban J connectivity index is 1.82. The van der Waals surface area contributed by atoms with E-state index in [4.69, 9.17) is 4.74 Å². The molecular formula is C24H25F8NO3. The third kappa shape index (κ3) is 7.78. The minimum absolute atomic E-state index is 0.0877. The van der Waals surface area contributed by atoms with Crippen LogP contribution in [0.1, 0.15) is 37.3 Å². The molecule has 0 saturated heterocycles. The van der Waals surface area contributed by atoms with Crippen molar-refractivity contribution in [3.8, 4) is 11.5 Å². The molecule has 0 aliphatic heterocycles. The summed E-state index contributed by atoms with van der Waals surface area (Å²) >= 11 is 0. The van der Waals surface area contributed by atoms with Gasteiger partial charge in [-0.3, -0.25) is 0 Å². The van der Waals surface area contributed by atoms with Crippen molar-refractivity contribution >= 4 is 0 Å². The van der Waals surface area contributed by atoms with E-state index in [1.165, 1.54) is 30.3 Å². The lowest BCUT2D eigenvalue weighted by Crippen LogP contribution is -2.43.